The van der Waals surface area contributed by atoms with Gasteiger partial charge in [-0.1, -0.05) is 50.6 Å². The van der Waals surface area contributed by atoms with Gasteiger partial charge in [-0.25, -0.2) is 0 Å². The zero-order valence-corrected chi connectivity index (χ0v) is 9.46. The third kappa shape index (κ3) is 3.15. The molecule has 2 atom stereocenters. The summed E-state index contributed by atoms with van der Waals surface area (Å²) in [5, 5.41) is 3.38. The Bertz CT molecular complexity index is 243. The second-order valence-corrected chi connectivity index (χ2v) is 4.00. The van der Waals surface area contributed by atoms with Crippen molar-refractivity contribution >= 4 is 0 Å². The zero-order chi connectivity index (χ0) is 10.4. The van der Waals surface area contributed by atoms with Gasteiger partial charge in [0.15, 0.2) is 0 Å². The molecule has 0 heterocycles. The van der Waals surface area contributed by atoms with Gasteiger partial charge in [0.1, 0.15) is 0 Å². The molecule has 78 valence electrons. The Morgan fingerprint density at radius 1 is 1.21 bits per heavy atom. The van der Waals surface area contributed by atoms with E-state index in [1.807, 2.05) is 7.05 Å². The Labute approximate surface area is 87.5 Å². The smallest absolute Gasteiger partial charge is 0.0320 e. The number of hydrogen-bond donors (Lipinski definition) is 1. The van der Waals surface area contributed by atoms with Gasteiger partial charge in [-0.05, 0) is 24.9 Å². The van der Waals surface area contributed by atoms with Crippen molar-refractivity contribution in [2.24, 2.45) is 5.92 Å². The highest BCUT2D eigenvalue weighted by Gasteiger charge is 2.11. The van der Waals surface area contributed by atoms with Crippen molar-refractivity contribution in [3.8, 4) is 0 Å². The summed E-state index contributed by atoms with van der Waals surface area (Å²) in [6, 6.07) is 11.2. The summed E-state index contributed by atoms with van der Waals surface area (Å²) in [7, 11) is 2.04. The molecule has 0 amide bonds. The highest BCUT2D eigenvalue weighted by molar-refractivity contribution is 5.18. The number of hydrogen-bond acceptors (Lipinski definition) is 1. The van der Waals surface area contributed by atoms with Gasteiger partial charge in [-0.3, -0.25) is 0 Å². The van der Waals surface area contributed by atoms with Crippen molar-refractivity contribution in [1.29, 1.82) is 0 Å². The van der Waals surface area contributed by atoms with Gasteiger partial charge >= 0.3 is 0 Å². The summed E-state index contributed by atoms with van der Waals surface area (Å²) in [5.41, 5.74) is 1.40. The molecule has 0 saturated carbocycles. The molecule has 1 rings (SSSR count). The summed E-state index contributed by atoms with van der Waals surface area (Å²) < 4.78 is 0. The minimum absolute atomic E-state index is 0.506. The van der Waals surface area contributed by atoms with Gasteiger partial charge in [0.25, 0.3) is 0 Å². The molecule has 0 aliphatic carbocycles. The fourth-order valence-corrected chi connectivity index (χ4v) is 1.67. The number of rotatable bonds is 5. The van der Waals surface area contributed by atoms with E-state index in [1.165, 1.54) is 18.4 Å². The van der Waals surface area contributed by atoms with Crippen LogP contribution in [0.5, 0.6) is 0 Å². The molecule has 14 heavy (non-hydrogen) atoms. The van der Waals surface area contributed by atoms with Gasteiger partial charge in [0.2, 0.25) is 0 Å². The average molecular weight is 191 g/mol. The third-order valence-electron chi connectivity index (χ3n) is 2.89. The highest BCUT2D eigenvalue weighted by atomic mass is 14.9. The van der Waals surface area contributed by atoms with Crippen molar-refractivity contribution in [1.82, 2.24) is 5.32 Å². The lowest BCUT2D eigenvalue weighted by Gasteiger charge is -2.20. The van der Waals surface area contributed by atoms with E-state index in [9.17, 15) is 0 Å². The topological polar surface area (TPSA) is 12.0 Å². The number of nitrogens with one attached hydrogen (secondary N) is 1. The first kappa shape index (κ1) is 11.3. The van der Waals surface area contributed by atoms with Crippen LogP contribution >= 0.6 is 0 Å². The molecule has 1 aromatic rings. The third-order valence-corrected chi connectivity index (χ3v) is 2.89. The van der Waals surface area contributed by atoms with E-state index < -0.39 is 0 Å². The second-order valence-electron chi connectivity index (χ2n) is 4.00. The fraction of sp³-hybridized carbons (Fsp3) is 0.538. The first-order chi connectivity index (χ1) is 6.77. The van der Waals surface area contributed by atoms with Crippen LogP contribution in [-0.2, 0) is 0 Å². The van der Waals surface area contributed by atoms with Crippen LogP contribution in [0.1, 0.15) is 38.3 Å². The van der Waals surface area contributed by atoms with E-state index >= 15 is 0 Å². The van der Waals surface area contributed by atoms with E-state index in [1.54, 1.807) is 0 Å². The second kappa shape index (κ2) is 5.82. The Balaban J connectivity index is 2.63. The van der Waals surface area contributed by atoms with Crippen LogP contribution in [0.2, 0.25) is 0 Å². The average Bonchev–Trinajstić information content (AvgIpc) is 2.26. The summed E-state index contributed by atoms with van der Waals surface area (Å²) in [4.78, 5) is 0. The molecule has 0 saturated heterocycles. The predicted molar refractivity (Wildman–Crippen MR) is 62.3 cm³/mol. The van der Waals surface area contributed by atoms with Crippen molar-refractivity contribution in [3.05, 3.63) is 35.9 Å². The predicted octanol–water partition coefficient (Wildman–Crippen LogP) is 3.38. The molecule has 0 bridgehead atoms. The van der Waals surface area contributed by atoms with Crippen LogP contribution in [0.15, 0.2) is 30.3 Å². The maximum atomic E-state index is 3.38. The first-order valence-electron chi connectivity index (χ1n) is 5.50. The van der Waals surface area contributed by atoms with Crippen molar-refractivity contribution in [2.45, 2.75) is 32.7 Å². The lowest BCUT2D eigenvalue weighted by Crippen LogP contribution is -2.18. The Morgan fingerprint density at radius 2 is 1.86 bits per heavy atom. The monoisotopic (exact) mass is 191 g/mol. The molecule has 0 aliphatic heterocycles. The number of benzene rings is 1. The van der Waals surface area contributed by atoms with Crippen LogP contribution in [-0.4, -0.2) is 7.05 Å². The quantitative estimate of drug-likeness (QED) is 0.752. The summed E-state index contributed by atoms with van der Waals surface area (Å²) in [5.74, 6) is 0.785. The molecule has 1 nitrogen and oxygen atoms in total. The SMILES string of the molecule is CCC(C)CC(NC)c1ccccc1. The van der Waals surface area contributed by atoms with Gasteiger partial charge in [-0.2, -0.15) is 0 Å². The van der Waals surface area contributed by atoms with Crippen molar-refractivity contribution < 1.29 is 0 Å². The van der Waals surface area contributed by atoms with E-state index in [0.29, 0.717) is 6.04 Å². The van der Waals surface area contributed by atoms with Crippen LogP contribution in [0.25, 0.3) is 0 Å². The summed E-state index contributed by atoms with van der Waals surface area (Å²) in [6.45, 7) is 4.57. The molecule has 2 unspecified atom stereocenters. The van der Waals surface area contributed by atoms with Crippen LogP contribution in [0, 0.1) is 5.92 Å². The maximum Gasteiger partial charge on any atom is 0.0320 e. The van der Waals surface area contributed by atoms with E-state index in [-0.39, 0.29) is 0 Å². The van der Waals surface area contributed by atoms with Gasteiger partial charge in [0.05, 0.1) is 0 Å². The largest absolute Gasteiger partial charge is 0.313 e. The van der Waals surface area contributed by atoms with E-state index in [2.05, 4.69) is 49.5 Å². The van der Waals surface area contributed by atoms with E-state index in [4.69, 9.17) is 0 Å². The molecule has 0 aromatic heterocycles. The van der Waals surface area contributed by atoms with Crippen LogP contribution < -0.4 is 5.32 Å². The molecule has 1 heteroatoms. The zero-order valence-electron chi connectivity index (χ0n) is 9.46. The minimum atomic E-state index is 0.506. The Hall–Kier alpha value is -0.820. The summed E-state index contributed by atoms with van der Waals surface area (Å²) in [6.07, 6.45) is 2.47. The first-order valence-corrected chi connectivity index (χ1v) is 5.50. The normalized spacial score (nSPS) is 15.1. The molecule has 0 radical (unpaired) electrons. The van der Waals surface area contributed by atoms with E-state index in [0.717, 1.165) is 5.92 Å². The van der Waals surface area contributed by atoms with Gasteiger partial charge in [-0.15, -0.1) is 0 Å². The fourth-order valence-electron chi connectivity index (χ4n) is 1.67. The van der Waals surface area contributed by atoms with Crippen molar-refractivity contribution in [3.63, 3.8) is 0 Å². The molecule has 0 fully saturated rings. The van der Waals surface area contributed by atoms with Crippen LogP contribution in [0.4, 0.5) is 0 Å². The minimum Gasteiger partial charge on any atom is -0.313 e. The molecule has 1 N–H and O–H groups in total. The molecular formula is C13H21N. The highest BCUT2D eigenvalue weighted by Crippen LogP contribution is 2.22. The van der Waals surface area contributed by atoms with Gasteiger partial charge < -0.3 is 5.32 Å². The molecule has 1 aromatic carbocycles. The molecular weight excluding hydrogens is 170 g/mol. The van der Waals surface area contributed by atoms with Crippen LogP contribution in [0.3, 0.4) is 0 Å². The lowest BCUT2D eigenvalue weighted by molar-refractivity contribution is 0.422. The summed E-state index contributed by atoms with van der Waals surface area (Å²) >= 11 is 0. The molecule has 0 aliphatic rings. The lowest BCUT2D eigenvalue weighted by atomic mass is 9.94. The van der Waals surface area contributed by atoms with Crippen molar-refractivity contribution in [2.75, 3.05) is 7.05 Å². The van der Waals surface area contributed by atoms with Gasteiger partial charge in [0, 0.05) is 6.04 Å². The maximum absolute atomic E-state index is 3.38. The molecule has 0 spiro atoms. The standard InChI is InChI=1S/C13H21N/c1-4-11(2)10-13(14-3)12-8-6-5-7-9-12/h5-9,11,13-14H,4,10H2,1-3H3. The Morgan fingerprint density at radius 3 is 2.36 bits per heavy atom. The Kier molecular flexibility index (Phi) is 4.68.